The van der Waals surface area contributed by atoms with Crippen molar-refractivity contribution in [1.29, 1.82) is 0 Å². The fraction of sp³-hybridized carbons (Fsp3) is 0.600. The van der Waals surface area contributed by atoms with Gasteiger partial charge >= 0.3 is 0 Å². The molecule has 0 heterocycles. The fourth-order valence-corrected chi connectivity index (χ4v) is 0.633. The molecule has 0 saturated heterocycles. The number of hydrogen-bond acceptors (Lipinski definition) is 3. The van der Waals surface area contributed by atoms with E-state index >= 15 is 0 Å². The Hall–Kier alpha value is -0.510. The Bertz CT molecular complexity index is 181. The molecule has 0 spiro atoms. The molecule has 0 amide bonds. The summed E-state index contributed by atoms with van der Waals surface area (Å²) in [6.07, 6.45) is 2.58. The van der Waals surface area contributed by atoms with Crippen molar-refractivity contribution in [2.24, 2.45) is 0 Å². The molecule has 0 aromatic carbocycles. The Labute approximate surface area is 55.7 Å². The predicted octanol–water partition coefficient (Wildman–Crippen LogP) is 0.112. The SMILES string of the molecule is CCN/C=C\S(C)(=O)=O. The smallest absolute Gasteiger partial charge is 0.170 e. The zero-order valence-electron chi connectivity index (χ0n) is 5.59. The maximum absolute atomic E-state index is 10.4. The molecule has 9 heavy (non-hydrogen) atoms. The van der Waals surface area contributed by atoms with Crippen LogP contribution in [0, 0.1) is 0 Å². The predicted molar refractivity (Wildman–Crippen MR) is 37.7 cm³/mol. The van der Waals surface area contributed by atoms with Crippen molar-refractivity contribution < 1.29 is 8.42 Å². The van der Waals surface area contributed by atoms with Gasteiger partial charge in [-0.05, 0) is 6.92 Å². The molecule has 1 N–H and O–H groups in total. The van der Waals surface area contributed by atoms with Crippen LogP contribution >= 0.6 is 0 Å². The lowest BCUT2D eigenvalue weighted by Gasteiger charge is -1.89. The van der Waals surface area contributed by atoms with E-state index < -0.39 is 9.84 Å². The average molecular weight is 149 g/mol. The van der Waals surface area contributed by atoms with Crippen molar-refractivity contribution in [3.63, 3.8) is 0 Å². The van der Waals surface area contributed by atoms with Crippen LogP contribution in [0.25, 0.3) is 0 Å². The first-order valence-electron chi connectivity index (χ1n) is 2.66. The van der Waals surface area contributed by atoms with E-state index in [1.807, 2.05) is 6.92 Å². The highest BCUT2D eigenvalue weighted by Crippen LogP contribution is 1.81. The van der Waals surface area contributed by atoms with Gasteiger partial charge in [0, 0.05) is 24.4 Å². The van der Waals surface area contributed by atoms with Crippen LogP contribution in [0.1, 0.15) is 6.92 Å². The Morgan fingerprint density at radius 3 is 2.44 bits per heavy atom. The summed E-state index contributed by atoms with van der Waals surface area (Å²) in [6.45, 7) is 2.64. The zero-order valence-corrected chi connectivity index (χ0v) is 6.40. The lowest BCUT2D eigenvalue weighted by molar-refractivity contribution is 0.610. The highest BCUT2D eigenvalue weighted by Gasteiger charge is 1.89. The van der Waals surface area contributed by atoms with Crippen LogP contribution < -0.4 is 5.32 Å². The molecule has 0 aliphatic rings. The third-order valence-corrected chi connectivity index (χ3v) is 1.27. The van der Waals surface area contributed by atoms with E-state index in [0.717, 1.165) is 18.2 Å². The summed E-state index contributed by atoms with van der Waals surface area (Å²) in [6, 6.07) is 0. The second-order valence-electron chi connectivity index (χ2n) is 1.69. The number of rotatable bonds is 3. The second kappa shape index (κ2) is 3.50. The average Bonchev–Trinajstić information content (AvgIpc) is 1.63. The van der Waals surface area contributed by atoms with E-state index in [1.54, 1.807) is 0 Å². The third kappa shape index (κ3) is 7.49. The van der Waals surface area contributed by atoms with Gasteiger partial charge in [0.1, 0.15) is 0 Å². The first-order chi connectivity index (χ1) is 4.06. The minimum atomic E-state index is -2.94. The van der Waals surface area contributed by atoms with Crippen LogP contribution in [0.15, 0.2) is 11.6 Å². The van der Waals surface area contributed by atoms with Crippen molar-refractivity contribution in [3.8, 4) is 0 Å². The normalized spacial score (nSPS) is 12.2. The van der Waals surface area contributed by atoms with Gasteiger partial charge in [0.25, 0.3) is 0 Å². The van der Waals surface area contributed by atoms with Gasteiger partial charge in [0.15, 0.2) is 9.84 Å². The van der Waals surface area contributed by atoms with Gasteiger partial charge < -0.3 is 5.32 Å². The van der Waals surface area contributed by atoms with E-state index in [1.165, 1.54) is 6.20 Å². The largest absolute Gasteiger partial charge is 0.391 e. The molecule has 0 fully saturated rings. The van der Waals surface area contributed by atoms with Crippen molar-refractivity contribution in [3.05, 3.63) is 11.6 Å². The van der Waals surface area contributed by atoms with Crippen LogP contribution in [-0.4, -0.2) is 21.2 Å². The van der Waals surface area contributed by atoms with Gasteiger partial charge in [0.05, 0.1) is 0 Å². The molecule has 3 nitrogen and oxygen atoms in total. The van der Waals surface area contributed by atoms with Crippen molar-refractivity contribution in [1.82, 2.24) is 5.32 Å². The zero-order chi connectivity index (χ0) is 7.33. The highest BCUT2D eigenvalue weighted by molar-refractivity contribution is 7.93. The first-order valence-corrected chi connectivity index (χ1v) is 4.61. The fourth-order valence-electron chi connectivity index (χ4n) is 0.290. The highest BCUT2D eigenvalue weighted by atomic mass is 32.2. The van der Waals surface area contributed by atoms with Gasteiger partial charge in [-0.15, -0.1) is 0 Å². The number of sulfone groups is 1. The van der Waals surface area contributed by atoms with Crippen LogP contribution in [-0.2, 0) is 9.84 Å². The van der Waals surface area contributed by atoms with E-state index in [0.29, 0.717) is 0 Å². The van der Waals surface area contributed by atoms with Gasteiger partial charge in [-0.3, -0.25) is 0 Å². The topological polar surface area (TPSA) is 46.2 Å². The molecule has 0 bridgehead atoms. The van der Waals surface area contributed by atoms with Gasteiger partial charge in [-0.2, -0.15) is 0 Å². The molecule has 0 unspecified atom stereocenters. The Balaban J connectivity index is 3.73. The molecule has 0 aromatic heterocycles. The van der Waals surface area contributed by atoms with E-state index in [9.17, 15) is 8.42 Å². The van der Waals surface area contributed by atoms with Gasteiger partial charge in [0.2, 0.25) is 0 Å². The quantitative estimate of drug-likeness (QED) is 0.619. The van der Waals surface area contributed by atoms with Crippen LogP contribution in [0.3, 0.4) is 0 Å². The van der Waals surface area contributed by atoms with E-state index in [-0.39, 0.29) is 0 Å². The lowest BCUT2D eigenvalue weighted by atomic mass is 10.7. The molecule has 0 atom stereocenters. The molecule has 4 heteroatoms. The summed E-state index contributed by atoms with van der Waals surface area (Å²) >= 11 is 0. The Kier molecular flexibility index (Phi) is 3.30. The molecule has 0 aliphatic heterocycles. The van der Waals surface area contributed by atoms with E-state index in [2.05, 4.69) is 5.32 Å². The molecule has 0 aromatic rings. The third-order valence-electron chi connectivity index (χ3n) is 0.637. The molecular formula is C5H11NO2S. The van der Waals surface area contributed by atoms with Crippen molar-refractivity contribution >= 4 is 9.84 Å². The van der Waals surface area contributed by atoms with Crippen LogP contribution in [0.4, 0.5) is 0 Å². The van der Waals surface area contributed by atoms with Gasteiger partial charge in [-0.25, -0.2) is 8.42 Å². The second-order valence-corrected chi connectivity index (χ2v) is 3.62. The van der Waals surface area contributed by atoms with Crippen molar-refractivity contribution in [2.45, 2.75) is 6.92 Å². The van der Waals surface area contributed by atoms with Crippen LogP contribution in [0.2, 0.25) is 0 Å². The van der Waals surface area contributed by atoms with Crippen molar-refractivity contribution in [2.75, 3.05) is 12.8 Å². The summed E-state index contributed by atoms with van der Waals surface area (Å²) < 4.78 is 20.8. The molecule has 0 radical (unpaired) electrons. The minimum absolute atomic E-state index is 0.742. The summed E-state index contributed by atoms with van der Waals surface area (Å²) in [5, 5.41) is 3.88. The minimum Gasteiger partial charge on any atom is -0.391 e. The molecular weight excluding hydrogens is 138 g/mol. The standard InChI is InChI=1S/C5H11NO2S/c1-3-6-4-5-9(2,7)8/h4-6H,3H2,1-2H3/b5-4-. The van der Waals surface area contributed by atoms with Gasteiger partial charge in [-0.1, -0.05) is 0 Å². The number of hydrogen-bond donors (Lipinski definition) is 1. The first kappa shape index (κ1) is 8.49. The Morgan fingerprint density at radius 1 is 1.56 bits per heavy atom. The van der Waals surface area contributed by atoms with E-state index in [4.69, 9.17) is 0 Å². The molecule has 0 aliphatic carbocycles. The summed E-state index contributed by atoms with van der Waals surface area (Å²) in [5.41, 5.74) is 0. The molecule has 0 rings (SSSR count). The van der Waals surface area contributed by atoms with Crippen LogP contribution in [0.5, 0.6) is 0 Å². The summed E-state index contributed by atoms with van der Waals surface area (Å²) in [7, 11) is -2.94. The number of nitrogens with one attached hydrogen (secondary N) is 1. The maximum Gasteiger partial charge on any atom is 0.170 e. The molecule has 54 valence electrons. The summed E-state index contributed by atoms with van der Waals surface area (Å²) in [4.78, 5) is 0. The lowest BCUT2D eigenvalue weighted by Crippen LogP contribution is -2.03. The summed E-state index contributed by atoms with van der Waals surface area (Å²) in [5.74, 6) is 0. The Morgan fingerprint density at radius 2 is 2.11 bits per heavy atom. The maximum atomic E-state index is 10.4. The monoisotopic (exact) mass is 149 g/mol. The molecule has 0 saturated carbocycles.